The Morgan fingerprint density at radius 3 is 2.19 bits per heavy atom. The zero-order valence-corrected chi connectivity index (χ0v) is 13.9. The van der Waals surface area contributed by atoms with E-state index in [2.05, 4.69) is 15.4 Å². The molecule has 0 heterocycles. The number of nitrogens with one attached hydrogen (secondary N) is 3. The molecule has 1 atom stereocenters. The molecular formula is C14H23N3O3S. The van der Waals surface area contributed by atoms with Gasteiger partial charge in [-0.05, 0) is 51.0 Å². The maximum Gasteiger partial charge on any atom is 0.241 e. The Labute approximate surface area is 126 Å². The monoisotopic (exact) mass is 313 g/mol. The molecule has 0 fully saturated rings. The van der Waals surface area contributed by atoms with E-state index in [1.54, 1.807) is 26.0 Å². The minimum Gasteiger partial charge on any atom is -0.385 e. The zero-order chi connectivity index (χ0) is 16.2. The largest absolute Gasteiger partial charge is 0.385 e. The van der Waals surface area contributed by atoms with E-state index in [1.807, 2.05) is 6.92 Å². The van der Waals surface area contributed by atoms with Crippen LogP contribution in [0.25, 0.3) is 0 Å². The van der Waals surface area contributed by atoms with E-state index in [1.165, 1.54) is 14.0 Å². The maximum absolute atomic E-state index is 12.5. The van der Waals surface area contributed by atoms with Crippen LogP contribution in [0.3, 0.4) is 0 Å². The number of rotatable bonds is 6. The van der Waals surface area contributed by atoms with E-state index in [4.69, 9.17) is 0 Å². The van der Waals surface area contributed by atoms with Gasteiger partial charge in [-0.2, -0.15) is 4.72 Å². The Morgan fingerprint density at radius 2 is 1.76 bits per heavy atom. The molecule has 3 N–H and O–H groups in total. The number of carbonyl (C=O) groups is 1. The molecule has 118 valence electrons. The van der Waals surface area contributed by atoms with Crippen molar-refractivity contribution in [2.45, 2.75) is 38.6 Å². The van der Waals surface area contributed by atoms with Crippen molar-refractivity contribution in [1.29, 1.82) is 0 Å². The first-order valence-corrected chi connectivity index (χ1v) is 8.30. The van der Waals surface area contributed by atoms with Crippen LogP contribution in [0.15, 0.2) is 17.0 Å². The van der Waals surface area contributed by atoms with Crippen molar-refractivity contribution in [3.8, 4) is 0 Å². The topological polar surface area (TPSA) is 87.3 Å². The van der Waals surface area contributed by atoms with Gasteiger partial charge >= 0.3 is 0 Å². The van der Waals surface area contributed by atoms with Crippen molar-refractivity contribution in [2.24, 2.45) is 0 Å². The molecule has 1 amide bonds. The van der Waals surface area contributed by atoms with E-state index in [0.717, 1.165) is 12.2 Å². The van der Waals surface area contributed by atoms with Crippen LogP contribution in [0.4, 0.5) is 5.69 Å². The van der Waals surface area contributed by atoms with Gasteiger partial charge in [-0.15, -0.1) is 0 Å². The van der Waals surface area contributed by atoms with E-state index in [-0.39, 0.29) is 10.8 Å². The fourth-order valence-electron chi connectivity index (χ4n) is 2.24. The van der Waals surface area contributed by atoms with Crippen molar-refractivity contribution in [2.75, 3.05) is 18.9 Å². The van der Waals surface area contributed by atoms with Gasteiger partial charge in [0.15, 0.2) is 0 Å². The summed E-state index contributed by atoms with van der Waals surface area (Å²) in [7, 11) is -2.28. The van der Waals surface area contributed by atoms with Crippen molar-refractivity contribution >= 4 is 21.6 Å². The standard InChI is InChI=1S/C14H23N3O3S/c1-6-16-12-7-9(2)13(10(3)8-12)21(19,20)17-11(4)14(18)15-5/h7-8,11,16-17H,6H2,1-5H3,(H,15,18). The van der Waals surface area contributed by atoms with Gasteiger partial charge in [0.2, 0.25) is 15.9 Å². The summed E-state index contributed by atoms with van der Waals surface area (Å²) in [5.41, 5.74) is 2.16. The van der Waals surface area contributed by atoms with Gasteiger partial charge in [0.25, 0.3) is 0 Å². The average molecular weight is 313 g/mol. The van der Waals surface area contributed by atoms with E-state index >= 15 is 0 Å². The van der Waals surface area contributed by atoms with Crippen LogP contribution in [-0.2, 0) is 14.8 Å². The Kier molecular flexibility index (Phi) is 5.74. The molecule has 0 aromatic heterocycles. The number of aryl methyl sites for hydroxylation is 2. The van der Waals surface area contributed by atoms with E-state index in [0.29, 0.717) is 11.1 Å². The molecule has 1 rings (SSSR count). The third-order valence-corrected chi connectivity index (χ3v) is 4.93. The molecule has 1 unspecified atom stereocenters. The number of carbonyl (C=O) groups excluding carboxylic acids is 1. The van der Waals surface area contributed by atoms with Crippen molar-refractivity contribution in [1.82, 2.24) is 10.0 Å². The SMILES string of the molecule is CCNc1cc(C)c(S(=O)(=O)NC(C)C(=O)NC)c(C)c1. The van der Waals surface area contributed by atoms with E-state index in [9.17, 15) is 13.2 Å². The van der Waals surface area contributed by atoms with Gasteiger partial charge in [0, 0.05) is 19.3 Å². The number of sulfonamides is 1. The zero-order valence-electron chi connectivity index (χ0n) is 13.1. The molecule has 0 aliphatic carbocycles. The first-order valence-electron chi connectivity index (χ1n) is 6.82. The lowest BCUT2D eigenvalue weighted by atomic mass is 10.1. The molecule has 0 bridgehead atoms. The second-order valence-electron chi connectivity index (χ2n) is 4.93. The predicted octanol–water partition coefficient (Wildman–Crippen LogP) is 1.15. The summed E-state index contributed by atoms with van der Waals surface area (Å²) in [4.78, 5) is 11.7. The molecule has 21 heavy (non-hydrogen) atoms. The van der Waals surface area contributed by atoms with Gasteiger partial charge in [-0.1, -0.05) is 0 Å². The maximum atomic E-state index is 12.5. The van der Waals surface area contributed by atoms with Gasteiger partial charge in [0.05, 0.1) is 10.9 Å². The summed E-state index contributed by atoms with van der Waals surface area (Å²) < 4.78 is 27.3. The minimum atomic E-state index is -3.75. The molecule has 0 spiro atoms. The Morgan fingerprint density at radius 1 is 1.24 bits per heavy atom. The highest BCUT2D eigenvalue weighted by Gasteiger charge is 2.24. The van der Waals surface area contributed by atoms with Crippen LogP contribution in [-0.4, -0.2) is 34.0 Å². The average Bonchev–Trinajstić information content (AvgIpc) is 2.36. The second kappa shape index (κ2) is 6.91. The van der Waals surface area contributed by atoms with Gasteiger partial charge in [0.1, 0.15) is 0 Å². The van der Waals surface area contributed by atoms with E-state index < -0.39 is 16.1 Å². The summed E-state index contributed by atoms with van der Waals surface area (Å²) in [5, 5.41) is 5.57. The summed E-state index contributed by atoms with van der Waals surface area (Å²) in [6.45, 7) is 7.73. The molecule has 0 saturated heterocycles. The van der Waals surface area contributed by atoms with Crippen LogP contribution in [0.1, 0.15) is 25.0 Å². The lowest BCUT2D eigenvalue weighted by Gasteiger charge is -2.17. The number of hydrogen-bond acceptors (Lipinski definition) is 4. The molecule has 0 radical (unpaired) electrons. The fourth-order valence-corrected chi connectivity index (χ4v) is 3.90. The minimum absolute atomic E-state index is 0.222. The van der Waals surface area contributed by atoms with Crippen LogP contribution in [0.5, 0.6) is 0 Å². The summed E-state index contributed by atoms with van der Waals surface area (Å²) in [6.07, 6.45) is 0. The van der Waals surface area contributed by atoms with Crippen LogP contribution >= 0.6 is 0 Å². The Balaban J connectivity index is 3.17. The lowest BCUT2D eigenvalue weighted by Crippen LogP contribution is -2.43. The van der Waals surface area contributed by atoms with Crippen LogP contribution < -0.4 is 15.4 Å². The molecule has 0 aliphatic rings. The van der Waals surface area contributed by atoms with Crippen molar-refractivity contribution < 1.29 is 13.2 Å². The highest BCUT2D eigenvalue weighted by atomic mass is 32.2. The Hall–Kier alpha value is -1.60. The summed E-state index contributed by atoms with van der Waals surface area (Å²) >= 11 is 0. The van der Waals surface area contributed by atoms with Gasteiger partial charge in [-0.3, -0.25) is 4.79 Å². The van der Waals surface area contributed by atoms with Gasteiger partial charge < -0.3 is 10.6 Å². The molecule has 1 aromatic rings. The third-order valence-electron chi connectivity index (χ3n) is 3.08. The number of hydrogen-bond donors (Lipinski definition) is 3. The normalized spacial score (nSPS) is 12.8. The summed E-state index contributed by atoms with van der Waals surface area (Å²) in [5.74, 6) is -0.377. The fraction of sp³-hybridized carbons (Fsp3) is 0.500. The first kappa shape index (κ1) is 17.5. The molecule has 0 aliphatic heterocycles. The highest BCUT2D eigenvalue weighted by Crippen LogP contribution is 2.24. The molecule has 7 heteroatoms. The highest BCUT2D eigenvalue weighted by molar-refractivity contribution is 7.89. The number of likely N-dealkylation sites (N-methyl/N-ethyl adjacent to an activating group) is 1. The molecule has 1 aromatic carbocycles. The lowest BCUT2D eigenvalue weighted by molar-refractivity contribution is -0.121. The second-order valence-corrected chi connectivity index (χ2v) is 6.58. The number of anilines is 1. The molecular weight excluding hydrogens is 290 g/mol. The van der Waals surface area contributed by atoms with Crippen LogP contribution in [0, 0.1) is 13.8 Å². The number of amides is 1. The first-order chi connectivity index (χ1) is 9.72. The third kappa shape index (κ3) is 4.18. The van der Waals surface area contributed by atoms with Crippen molar-refractivity contribution in [3.63, 3.8) is 0 Å². The molecule has 0 saturated carbocycles. The quantitative estimate of drug-likeness (QED) is 0.735. The molecule has 6 nitrogen and oxygen atoms in total. The summed E-state index contributed by atoms with van der Waals surface area (Å²) in [6, 6.07) is 2.75. The van der Waals surface area contributed by atoms with Gasteiger partial charge in [-0.25, -0.2) is 8.42 Å². The van der Waals surface area contributed by atoms with Crippen molar-refractivity contribution in [3.05, 3.63) is 23.3 Å². The smallest absolute Gasteiger partial charge is 0.241 e. The number of benzene rings is 1. The Bertz CT molecular complexity index is 603. The van der Waals surface area contributed by atoms with Crippen LogP contribution in [0.2, 0.25) is 0 Å². The predicted molar refractivity (Wildman–Crippen MR) is 83.9 cm³/mol.